The Kier molecular flexibility index (Phi) is 6.31. The van der Waals surface area contributed by atoms with Crippen LogP contribution in [-0.4, -0.2) is 43.0 Å². The molecule has 7 heteroatoms. The van der Waals surface area contributed by atoms with Crippen LogP contribution in [0.25, 0.3) is 0 Å². The number of aromatic carboxylic acids is 1. The van der Waals surface area contributed by atoms with E-state index in [-0.39, 0.29) is 22.1 Å². The van der Waals surface area contributed by atoms with Crippen LogP contribution in [-0.2, 0) is 9.53 Å². The standard InChI is InChI=1S/C12H14FNO4S/c1-18-5-4-14-11(15)7-19-10-6-8(12(16)17)2-3-9(10)13/h2-3,6H,4-5,7H2,1H3,(H,14,15)(H,16,17). The Balaban J connectivity index is 2.54. The fourth-order valence-corrected chi connectivity index (χ4v) is 2.04. The van der Waals surface area contributed by atoms with Gasteiger partial charge in [0.1, 0.15) is 5.82 Å². The summed E-state index contributed by atoms with van der Waals surface area (Å²) < 4.78 is 18.2. The summed E-state index contributed by atoms with van der Waals surface area (Å²) in [6.07, 6.45) is 0. The molecule has 0 aliphatic rings. The molecular weight excluding hydrogens is 273 g/mol. The number of carboxylic acid groups (broad SMARTS) is 1. The largest absolute Gasteiger partial charge is 0.478 e. The number of hydrogen-bond donors (Lipinski definition) is 2. The molecule has 0 aromatic heterocycles. The number of carbonyl (C=O) groups excluding carboxylic acids is 1. The van der Waals surface area contributed by atoms with Crippen LogP contribution < -0.4 is 5.32 Å². The van der Waals surface area contributed by atoms with Gasteiger partial charge in [0.15, 0.2) is 0 Å². The smallest absolute Gasteiger partial charge is 0.335 e. The van der Waals surface area contributed by atoms with Crippen LogP contribution in [0.2, 0.25) is 0 Å². The van der Waals surface area contributed by atoms with E-state index in [1.807, 2.05) is 0 Å². The third kappa shape index (κ3) is 5.27. The molecule has 104 valence electrons. The van der Waals surface area contributed by atoms with E-state index in [9.17, 15) is 14.0 Å². The van der Waals surface area contributed by atoms with E-state index in [1.54, 1.807) is 0 Å². The van der Waals surface area contributed by atoms with Crippen LogP contribution in [0, 0.1) is 5.82 Å². The molecule has 19 heavy (non-hydrogen) atoms. The summed E-state index contributed by atoms with van der Waals surface area (Å²) in [5, 5.41) is 11.4. The van der Waals surface area contributed by atoms with Crippen LogP contribution in [0.1, 0.15) is 10.4 Å². The SMILES string of the molecule is COCCNC(=O)CSc1cc(C(=O)O)ccc1F. The quantitative estimate of drug-likeness (QED) is 0.585. The van der Waals surface area contributed by atoms with E-state index >= 15 is 0 Å². The lowest BCUT2D eigenvalue weighted by atomic mass is 10.2. The van der Waals surface area contributed by atoms with Crippen molar-refractivity contribution in [3.05, 3.63) is 29.6 Å². The maximum Gasteiger partial charge on any atom is 0.335 e. The van der Waals surface area contributed by atoms with Crippen molar-refractivity contribution >= 4 is 23.6 Å². The third-order valence-corrected chi connectivity index (χ3v) is 3.20. The van der Waals surface area contributed by atoms with E-state index < -0.39 is 11.8 Å². The fraction of sp³-hybridized carbons (Fsp3) is 0.333. The number of benzene rings is 1. The van der Waals surface area contributed by atoms with E-state index in [0.29, 0.717) is 13.2 Å². The van der Waals surface area contributed by atoms with Gasteiger partial charge in [-0.2, -0.15) is 0 Å². The van der Waals surface area contributed by atoms with Gasteiger partial charge in [-0.1, -0.05) is 0 Å². The topological polar surface area (TPSA) is 75.6 Å². The molecule has 0 fully saturated rings. The lowest BCUT2D eigenvalue weighted by Gasteiger charge is -2.06. The number of carboxylic acids is 1. The van der Waals surface area contributed by atoms with Crippen LogP contribution in [0.5, 0.6) is 0 Å². The molecule has 0 radical (unpaired) electrons. The second kappa shape index (κ2) is 7.75. The summed E-state index contributed by atoms with van der Waals surface area (Å²) in [5.74, 6) is -1.92. The number of thioether (sulfide) groups is 1. The average Bonchev–Trinajstić information content (AvgIpc) is 2.37. The van der Waals surface area contributed by atoms with Gasteiger partial charge in [0.05, 0.1) is 17.9 Å². The maximum atomic E-state index is 13.4. The first-order valence-corrected chi connectivity index (χ1v) is 6.44. The molecule has 0 unspecified atom stereocenters. The lowest BCUT2D eigenvalue weighted by molar-refractivity contribution is -0.118. The molecule has 0 saturated carbocycles. The summed E-state index contributed by atoms with van der Waals surface area (Å²) in [4.78, 5) is 22.3. The highest BCUT2D eigenvalue weighted by Gasteiger charge is 2.10. The highest BCUT2D eigenvalue weighted by Crippen LogP contribution is 2.22. The van der Waals surface area contributed by atoms with Crippen molar-refractivity contribution in [2.45, 2.75) is 4.90 Å². The molecule has 0 spiro atoms. The summed E-state index contributed by atoms with van der Waals surface area (Å²) in [6.45, 7) is 0.785. The Morgan fingerprint density at radius 1 is 1.47 bits per heavy atom. The van der Waals surface area contributed by atoms with E-state index in [2.05, 4.69) is 5.32 Å². The third-order valence-electron chi connectivity index (χ3n) is 2.17. The van der Waals surface area contributed by atoms with E-state index in [1.165, 1.54) is 19.2 Å². The molecule has 0 aliphatic heterocycles. The number of halogens is 1. The number of nitrogens with one attached hydrogen (secondary N) is 1. The molecule has 2 N–H and O–H groups in total. The molecule has 0 saturated heterocycles. The fourth-order valence-electron chi connectivity index (χ4n) is 1.23. The van der Waals surface area contributed by atoms with Crippen molar-refractivity contribution in [3.63, 3.8) is 0 Å². The zero-order valence-corrected chi connectivity index (χ0v) is 11.1. The van der Waals surface area contributed by atoms with Crippen molar-refractivity contribution < 1.29 is 23.8 Å². The molecule has 1 aromatic rings. The summed E-state index contributed by atoms with van der Waals surface area (Å²) >= 11 is 0.954. The Labute approximate surface area is 114 Å². The van der Waals surface area contributed by atoms with Crippen LogP contribution >= 0.6 is 11.8 Å². The molecular formula is C12H14FNO4S. The van der Waals surface area contributed by atoms with Crippen LogP contribution in [0.4, 0.5) is 4.39 Å². The molecule has 1 aromatic carbocycles. The molecule has 0 bridgehead atoms. The lowest BCUT2D eigenvalue weighted by Crippen LogP contribution is -2.28. The van der Waals surface area contributed by atoms with Gasteiger partial charge >= 0.3 is 5.97 Å². The van der Waals surface area contributed by atoms with E-state index in [4.69, 9.17) is 9.84 Å². The zero-order valence-electron chi connectivity index (χ0n) is 10.3. The van der Waals surface area contributed by atoms with Gasteiger partial charge in [-0.25, -0.2) is 9.18 Å². The van der Waals surface area contributed by atoms with Gasteiger partial charge in [-0.05, 0) is 18.2 Å². The van der Waals surface area contributed by atoms with Gasteiger partial charge < -0.3 is 15.2 Å². The molecule has 0 heterocycles. The summed E-state index contributed by atoms with van der Waals surface area (Å²) in [7, 11) is 1.52. The van der Waals surface area contributed by atoms with Gasteiger partial charge in [-0.3, -0.25) is 4.79 Å². The number of ether oxygens (including phenoxy) is 1. The van der Waals surface area contributed by atoms with Crippen molar-refractivity contribution in [1.82, 2.24) is 5.32 Å². The number of rotatable bonds is 7. The first-order valence-electron chi connectivity index (χ1n) is 5.46. The maximum absolute atomic E-state index is 13.4. The van der Waals surface area contributed by atoms with Gasteiger partial charge in [-0.15, -0.1) is 11.8 Å². The average molecular weight is 287 g/mol. The van der Waals surface area contributed by atoms with Crippen molar-refractivity contribution in [1.29, 1.82) is 0 Å². The number of amides is 1. The Morgan fingerprint density at radius 3 is 2.84 bits per heavy atom. The Hall–Kier alpha value is -1.60. The summed E-state index contributed by atoms with van der Waals surface area (Å²) in [5.41, 5.74) is -0.0105. The minimum Gasteiger partial charge on any atom is -0.478 e. The highest BCUT2D eigenvalue weighted by atomic mass is 32.2. The Morgan fingerprint density at radius 2 is 2.21 bits per heavy atom. The second-order valence-electron chi connectivity index (χ2n) is 3.58. The monoisotopic (exact) mass is 287 g/mol. The van der Waals surface area contributed by atoms with Crippen molar-refractivity contribution in [2.24, 2.45) is 0 Å². The second-order valence-corrected chi connectivity index (χ2v) is 4.60. The first kappa shape index (κ1) is 15.5. The van der Waals surface area contributed by atoms with E-state index in [0.717, 1.165) is 17.8 Å². The van der Waals surface area contributed by atoms with Crippen molar-refractivity contribution in [3.8, 4) is 0 Å². The zero-order chi connectivity index (χ0) is 14.3. The van der Waals surface area contributed by atoms with Crippen LogP contribution in [0.3, 0.4) is 0 Å². The van der Waals surface area contributed by atoms with Crippen LogP contribution in [0.15, 0.2) is 23.1 Å². The number of carbonyl (C=O) groups is 2. The van der Waals surface area contributed by atoms with Gasteiger partial charge in [0, 0.05) is 18.6 Å². The normalized spacial score (nSPS) is 10.2. The minimum absolute atomic E-state index is 0.0105. The molecule has 1 rings (SSSR count). The predicted octanol–water partition coefficient (Wildman–Crippen LogP) is 1.38. The minimum atomic E-state index is -1.13. The predicted molar refractivity (Wildman–Crippen MR) is 69.0 cm³/mol. The highest BCUT2D eigenvalue weighted by molar-refractivity contribution is 8.00. The number of methoxy groups -OCH3 is 1. The molecule has 1 amide bonds. The molecule has 0 atom stereocenters. The number of hydrogen-bond acceptors (Lipinski definition) is 4. The Bertz CT molecular complexity index is 467. The van der Waals surface area contributed by atoms with Gasteiger partial charge in [0.2, 0.25) is 5.91 Å². The molecule has 5 nitrogen and oxygen atoms in total. The van der Waals surface area contributed by atoms with Gasteiger partial charge in [0.25, 0.3) is 0 Å². The molecule has 0 aliphatic carbocycles. The summed E-state index contributed by atoms with van der Waals surface area (Å²) in [6, 6.07) is 3.47. The van der Waals surface area contributed by atoms with Crippen molar-refractivity contribution in [2.75, 3.05) is 26.0 Å². The first-order chi connectivity index (χ1) is 9.04.